The van der Waals surface area contributed by atoms with Gasteiger partial charge in [-0.3, -0.25) is 14.5 Å². The van der Waals surface area contributed by atoms with E-state index in [0.717, 1.165) is 11.5 Å². The van der Waals surface area contributed by atoms with Gasteiger partial charge in [-0.1, -0.05) is 0 Å². The summed E-state index contributed by atoms with van der Waals surface area (Å²) in [6.07, 6.45) is 10.1. The van der Waals surface area contributed by atoms with Gasteiger partial charge in [0.05, 0.1) is 30.7 Å². The van der Waals surface area contributed by atoms with E-state index >= 15 is 0 Å². The number of carbonyl (C=O) groups excluding carboxylic acids is 1. The van der Waals surface area contributed by atoms with Crippen LogP contribution in [-0.4, -0.2) is 46.7 Å². The zero-order chi connectivity index (χ0) is 16.5. The van der Waals surface area contributed by atoms with Gasteiger partial charge in [-0.05, 0) is 13.0 Å². The Balaban J connectivity index is 1.58. The fraction of sp³-hybridized carbons (Fsp3) is 0.312. The van der Waals surface area contributed by atoms with Crippen molar-refractivity contribution in [1.29, 1.82) is 0 Å². The van der Waals surface area contributed by atoms with Gasteiger partial charge >= 0.3 is 0 Å². The third-order valence-electron chi connectivity index (χ3n) is 4.30. The van der Waals surface area contributed by atoms with Crippen LogP contribution < -0.4 is 0 Å². The molecule has 0 aliphatic carbocycles. The maximum absolute atomic E-state index is 12.7. The highest BCUT2D eigenvalue weighted by Gasteiger charge is 2.31. The lowest BCUT2D eigenvalue weighted by Gasteiger charge is -2.34. The number of imidazole rings is 1. The van der Waals surface area contributed by atoms with E-state index in [0.29, 0.717) is 25.3 Å². The Morgan fingerprint density at radius 3 is 2.88 bits per heavy atom. The first-order valence-electron chi connectivity index (χ1n) is 7.83. The van der Waals surface area contributed by atoms with Gasteiger partial charge in [-0.25, -0.2) is 9.97 Å². The van der Waals surface area contributed by atoms with E-state index < -0.39 is 0 Å². The number of carbonyl (C=O) groups is 1. The van der Waals surface area contributed by atoms with Crippen molar-refractivity contribution in [2.75, 3.05) is 6.54 Å². The highest BCUT2D eigenvalue weighted by molar-refractivity contribution is 5.92. The Morgan fingerprint density at radius 1 is 1.21 bits per heavy atom. The lowest BCUT2D eigenvalue weighted by atomic mass is 10.2. The second-order valence-corrected chi connectivity index (χ2v) is 5.73. The van der Waals surface area contributed by atoms with Gasteiger partial charge in [0, 0.05) is 37.9 Å². The first-order valence-corrected chi connectivity index (χ1v) is 7.83. The minimum Gasteiger partial charge on any atom is -0.327 e. The van der Waals surface area contributed by atoms with Crippen LogP contribution >= 0.6 is 0 Å². The van der Waals surface area contributed by atoms with E-state index in [1.807, 2.05) is 30.1 Å². The highest BCUT2D eigenvalue weighted by atomic mass is 16.2. The van der Waals surface area contributed by atoms with Crippen LogP contribution in [-0.2, 0) is 13.1 Å². The second-order valence-electron chi connectivity index (χ2n) is 5.73. The van der Waals surface area contributed by atoms with Crippen molar-refractivity contribution in [3.8, 4) is 0 Å². The molecule has 0 saturated heterocycles. The van der Waals surface area contributed by atoms with Crippen molar-refractivity contribution >= 4 is 5.91 Å². The number of hydrogen-bond donors (Lipinski definition) is 0. The quantitative estimate of drug-likeness (QED) is 0.722. The van der Waals surface area contributed by atoms with Crippen LogP contribution in [0.3, 0.4) is 0 Å². The zero-order valence-corrected chi connectivity index (χ0v) is 13.3. The van der Waals surface area contributed by atoms with Crippen LogP contribution in [0.15, 0.2) is 43.2 Å². The molecule has 8 nitrogen and oxygen atoms in total. The summed E-state index contributed by atoms with van der Waals surface area (Å²) >= 11 is 0. The zero-order valence-electron chi connectivity index (χ0n) is 13.3. The molecule has 122 valence electrons. The second kappa shape index (κ2) is 5.88. The average Bonchev–Trinajstić information content (AvgIpc) is 3.27. The molecule has 0 unspecified atom stereocenters. The molecule has 1 amide bonds. The Hall–Kier alpha value is -3.03. The van der Waals surface area contributed by atoms with Crippen LogP contribution in [0.2, 0.25) is 0 Å². The summed E-state index contributed by atoms with van der Waals surface area (Å²) in [5.41, 5.74) is 1.45. The number of fused-ring (bicyclic) bond motifs is 1. The topological polar surface area (TPSA) is 81.7 Å². The maximum Gasteiger partial charge on any atom is 0.274 e. The van der Waals surface area contributed by atoms with Crippen molar-refractivity contribution in [3.05, 3.63) is 60.5 Å². The molecule has 1 aliphatic rings. The van der Waals surface area contributed by atoms with Crippen molar-refractivity contribution < 1.29 is 4.79 Å². The minimum absolute atomic E-state index is 0.111. The van der Waals surface area contributed by atoms with Crippen LogP contribution in [0.5, 0.6) is 0 Å². The third kappa shape index (κ3) is 2.45. The fourth-order valence-corrected chi connectivity index (χ4v) is 3.08. The predicted molar refractivity (Wildman–Crippen MR) is 85.0 cm³/mol. The highest BCUT2D eigenvalue weighted by Crippen LogP contribution is 2.26. The Bertz CT molecular complexity index is 841. The molecule has 4 rings (SSSR count). The number of amides is 1. The molecule has 1 atom stereocenters. The van der Waals surface area contributed by atoms with E-state index in [4.69, 9.17) is 0 Å². The SMILES string of the molecule is C[C@H]1c2ncc(Cn3cccn3)n2CCN1C(=O)c1cnccn1. The first-order chi connectivity index (χ1) is 11.7. The summed E-state index contributed by atoms with van der Waals surface area (Å²) < 4.78 is 4.04. The molecule has 0 spiro atoms. The van der Waals surface area contributed by atoms with Crippen LogP contribution in [0.1, 0.15) is 35.0 Å². The van der Waals surface area contributed by atoms with Crippen LogP contribution in [0.25, 0.3) is 0 Å². The van der Waals surface area contributed by atoms with Crippen molar-refractivity contribution in [1.82, 2.24) is 34.2 Å². The summed E-state index contributed by atoms with van der Waals surface area (Å²) in [4.78, 5) is 27.1. The summed E-state index contributed by atoms with van der Waals surface area (Å²) in [6, 6.07) is 1.79. The Morgan fingerprint density at radius 2 is 2.12 bits per heavy atom. The standard InChI is InChI=1S/C16H17N7O/c1-12-15-19-9-13(11-21-6-2-3-20-21)23(15)8-7-22(12)16(24)14-10-17-4-5-18-14/h2-6,9-10,12H,7-8,11H2,1H3/t12-/m0/s1. The van der Waals surface area contributed by atoms with E-state index in [-0.39, 0.29) is 11.9 Å². The summed E-state index contributed by atoms with van der Waals surface area (Å²) in [5.74, 6) is 0.777. The molecule has 3 aromatic rings. The molecule has 3 aromatic heterocycles. The summed E-state index contributed by atoms with van der Waals surface area (Å²) in [6.45, 7) is 3.99. The monoisotopic (exact) mass is 323 g/mol. The molecule has 1 aliphatic heterocycles. The molecular weight excluding hydrogens is 306 g/mol. The molecule has 0 fully saturated rings. The van der Waals surface area contributed by atoms with Crippen molar-refractivity contribution in [2.45, 2.75) is 26.1 Å². The molecule has 8 heteroatoms. The fourth-order valence-electron chi connectivity index (χ4n) is 3.08. The smallest absolute Gasteiger partial charge is 0.274 e. The molecular formula is C16H17N7O. The predicted octanol–water partition coefficient (Wildman–Crippen LogP) is 1.13. The van der Waals surface area contributed by atoms with Crippen molar-refractivity contribution in [3.63, 3.8) is 0 Å². The van der Waals surface area contributed by atoms with E-state index in [1.165, 1.54) is 12.4 Å². The summed E-state index contributed by atoms with van der Waals surface area (Å²) in [5, 5.41) is 4.24. The third-order valence-corrected chi connectivity index (χ3v) is 4.30. The average molecular weight is 323 g/mol. The van der Waals surface area contributed by atoms with Gasteiger partial charge in [0.2, 0.25) is 0 Å². The largest absolute Gasteiger partial charge is 0.327 e. The van der Waals surface area contributed by atoms with E-state index in [1.54, 1.807) is 17.3 Å². The molecule has 0 aromatic carbocycles. The lowest BCUT2D eigenvalue weighted by molar-refractivity contribution is 0.0629. The van der Waals surface area contributed by atoms with Crippen LogP contribution in [0, 0.1) is 0 Å². The molecule has 24 heavy (non-hydrogen) atoms. The first kappa shape index (κ1) is 14.6. The lowest BCUT2D eigenvalue weighted by Crippen LogP contribution is -2.42. The Kier molecular flexibility index (Phi) is 3.56. The van der Waals surface area contributed by atoms with Gasteiger partial charge in [-0.15, -0.1) is 0 Å². The number of rotatable bonds is 3. The Labute approximate surface area is 138 Å². The van der Waals surface area contributed by atoms with Crippen molar-refractivity contribution in [2.24, 2.45) is 0 Å². The molecule has 0 bridgehead atoms. The van der Waals surface area contributed by atoms with Gasteiger partial charge in [0.15, 0.2) is 0 Å². The number of hydrogen-bond acceptors (Lipinski definition) is 5. The molecule has 0 radical (unpaired) electrons. The minimum atomic E-state index is -0.113. The molecule has 0 saturated carbocycles. The number of nitrogens with zero attached hydrogens (tertiary/aromatic N) is 7. The van der Waals surface area contributed by atoms with E-state index in [9.17, 15) is 4.79 Å². The van der Waals surface area contributed by atoms with Crippen LogP contribution in [0.4, 0.5) is 0 Å². The molecule has 0 N–H and O–H groups in total. The summed E-state index contributed by atoms with van der Waals surface area (Å²) in [7, 11) is 0. The number of aromatic nitrogens is 6. The van der Waals surface area contributed by atoms with Gasteiger partial charge in [0.25, 0.3) is 5.91 Å². The molecule has 4 heterocycles. The van der Waals surface area contributed by atoms with Gasteiger partial charge < -0.3 is 9.47 Å². The maximum atomic E-state index is 12.7. The normalized spacial score (nSPS) is 16.9. The van der Waals surface area contributed by atoms with E-state index in [2.05, 4.69) is 24.6 Å². The van der Waals surface area contributed by atoms with Gasteiger partial charge in [0.1, 0.15) is 11.5 Å². The van der Waals surface area contributed by atoms with Gasteiger partial charge in [-0.2, -0.15) is 5.10 Å².